The Balaban J connectivity index is 1.34. The van der Waals surface area contributed by atoms with E-state index in [9.17, 15) is 0 Å². The normalized spacial score (nSPS) is 27.8. The van der Waals surface area contributed by atoms with Crippen molar-refractivity contribution >= 4 is 5.95 Å². The Kier molecular flexibility index (Phi) is 3.79. The Labute approximate surface area is 135 Å². The number of nitrogens with zero attached hydrogens (tertiary/aromatic N) is 3. The molecule has 0 aromatic carbocycles. The highest BCUT2D eigenvalue weighted by Crippen LogP contribution is 2.36. The van der Waals surface area contributed by atoms with Crippen LogP contribution < -0.4 is 5.32 Å². The lowest BCUT2D eigenvalue weighted by molar-refractivity contribution is 0.0115. The largest absolute Gasteiger partial charge is 0.465 e. The second-order valence-electron chi connectivity index (χ2n) is 6.58. The minimum atomic E-state index is -0.0336. The van der Waals surface area contributed by atoms with Crippen LogP contribution in [0.4, 0.5) is 5.95 Å². The van der Waals surface area contributed by atoms with Gasteiger partial charge in [0.15, 0.2) is 0 Å². The molecule has 2 fully saturated rings. The summed E-state index contributed by atoms with van der Waals surface area (Å²) < 4.78 is 11.9. The zero-order chi connectivity index (χ0) is 15.7. The standard InChI is InChI=1S/C17H22N4O2/c1-13-3-4-15(23-13)10-21-8-5-17(12-21)9-14(11-22-17)20-16-18-6-2-7-19-16/h2-4,6-7,14H,5,8-12H2,1H3,(H,18,19,20)/t14-,17-/m0/s1. The third-order valence-electron chi connectivity index (χ3n) is 4.68. The van der Waals surface area contributed by atoms with Crippen LogP contribution >= 0.6 is 0 Å². The highest BCUT2D eigenvalue weighted by atomic mass is 16.5. The van der Waals surface area contributed by atoms with Gasteiger partial charge in [-0.25, -0.2) is 9.97 Å². The van der Waals surface area contributed by atoms with E-state index in [1.54, 1.807) is 12.4 Å². The fourth-order valence-electron chi connectivity index (χ4n) is 3.63. The molecule has 23 heavy (non-hydrogen) atoms. The van der Waals surface area contributed by atoms with Crippen LogP contribution in [-0.4, -0.2) is 46.2 Å². The fraction of sp³-hybridized carbons (Fsp3) is 0.529. The van der Waals surface area contributed by atoms with E-state index in [0.717, 1.165) is 44.0 Å². The van der Waals surface area contributed by atoms with Gasteiger partial charge in [0, 0.05) is 31.9 Å². The van der Waals surface area contributed by atoms with Crippen molar-refractivity contribution in [1.29, 1.82) is 0 Å². The number of aromatic nitrogens is 2. The van der Waals surface area contributed by atoms with Crippen molar-refractivity contribution in [3.63, 3.8) is 0 Å². The number of rotatable bonds is 4. The maximum Gasteiger partial charge on any atom is 0.222 e. The molecule has 1 N–H and O–H groups in total. The van der Waals surface area contributed by atoms with Crippen LogP contribution in [-0.2, 0) is 11.3 Å². The Bertz CT molecular complexity index is 660. The highest BCUT2D eigenvalue weighted by Gasteiger charge is 2.45. The molecule has 4 heterocycles. The second kappa shape index (κ2) is 5.94. The fourth-order valence-corrected chi connectivity index (χ4v) is 3.63. The number of aryl methyl sites for hydroxylation is 1. The van der Waals surface area contributed by atoms with Gasteiger partial charge in [-0.2, -0.15) is 0 Å². The van der Waals surface area contributed by atoms with E-state index in [-0.39, 0.29) is 11.6 Å². The Morgan fingerprint density at radius 3 is 3.00 bits per heavy atom. The second-order valence-corrected chi connectivity index (χ2v) is 6.58. The summed E-state index contributed by atoms with van der Waals surface area (Å²) in [7, 11) is 0. The third-order valence-corrected chi connectivity index (χ3v) is 4.68. The molecule has 0 unspecified atom stereocenters. The topological polar surface area (TPSA) is 63.4 Å². The van der Waals surface area contributed by atoms with E-state index in [2.05, 4.69) is 26.3 Å². The lowest BCUT2D eigenvalue weighted by atomic mass is 9.97. The molecule has 2 aromatic rings. The number of hydrogen-bond acceptors (Lipinski definition) is 6. The SMILES string of the molecule is Cc1ccc(CN2CC[C@]3(C[C@H](Nc4ncccn4)CO3)C2)o1. The van der Waals surface area contributed by atoms with Crippen molar-refractivity contribution in [2.24, 2.45) is 0 Å². The van der Waals surface area contributed by atoms with Crippen molar-refractivity contribution in [3.8, 4) is 0 Å². The summed E-state index contributed by atoms with van der Waals surface area (Å²) >= 11 is 0. The van der Waals surface area contributed by atoms with Gasteiger partial charge in [-0.3, -0.25) is 4.90 Å². The van der Waals surface area contributed by atoms with Gasteiger partial charge in [0.05, 0.1) is 24.8 Å². The summed E-state index contributed by atoms with van der Waals surface area (Å²) in [5.41, 5.74) is -0.0336. The number of furan rings is 1. The number of anilines is 1. The van der Waals surface area contributed by atoms with Gasteiger partial charge in [-0.1, -0.05) is 0 Å². The van der Waals surface area contributed by atoms with Crippen molar-refractivity contribution < 1.29 is 9.15 Å². The van der Waals surface area contributed by atoms with E-state index < -0.39 is 0 Å². The van der Waals surface area contributed by atoms with E-state index in [1.165, 1.54) is 0 Å². The molecular formula is C17H22N4O2. The molecule has 4 rings (SSSR count). The zero-order valence-electron chi connectivity index (χ0n) is 13.4. The van der Waals surface area contributed by atoms with Crippen molar-refractivity contribution in [3.05, 3.63) is 42.1 Å². The van der Waals surface area contributed by atoms with Gasteiger partial charge in [0.25, 0.3) is 0 Å². The summed E-state index contributed by atoms with van der Waals surface area (Å²) in [5.74, 6) is 2.68. The molecule has 1 spiro atoms. The van der Waals surface area contributed by atoms with Gasteiger partial charge in [-0.15, -0.1) is 0 Å². The predicted molar refractivity (Wildman–Crippen MR) is 86.1 cm³/mol. The maximum absolute atomic E-state index is 6.17. The van der Waals surface area contributed by atoms with E-state index in [0.29, 0.717) is 12.6 Å². The first-order chi connectivity index (χ1) is 11.2. The molecule has 0 bridgehead atoms. The molecule has 2 atom stereocenters. The van der Waals surface area contributed by atoms with E-state index in [4.69, 9.17) is 9.15 Å². The molecule has 0 amide bonds. The monoisotopic (exact) mass is 314 g/mol. The predicted octanol–water partition coefficient (Wildman–Crippen LogP) is 2.22. The van der Waals surface area contributed by atoms with Crippen molar-refractivity contribution in [2.75, 3.05) is 25.0 Å². The number of ether oxygens (including phenoxy) is 1. The van der Waals surface area contributed by atoms with E-state index in [1.807, 2.05) is 19.1 Å². The van der Waals surface area contributed by atoms with Crippen LogP contribution in [0.25, 0.3) is 0 Å². The lowest BCUT2D eigenvalue weighted by Crippen LogP contribution is -2.33. The van der Waals surface area contributed by atoms with Crippen LogP contribution in [0.3, 0.4) is 0 Å². The zero-order valence-corrected chi connectivity index (χ0v) is 13.4. The van der Waals surface area contributed by atoms with Gasteiger partial charge < -0.3 is 14.5 Å². The molecule has 6 heteroatoms. The maximum atomic E-state index is 6.17. The molecular weight excluding hydrogens is 292 g/mol. The molecule has 0 saturated carbocycles. The summed E-state index contributed by atoms with van der Waals surface area (Å²) in [5, 5.41) is 3.38. The summed E-state index contributed by atoms with van der Waals surface area (Å²) in [6.07, 6.45) is 5.58. The number of hydrogen-bond donors (Lipinski definition) is 1. The molecule has 2 saturated heterocycles. The van der Waals surface area contributed by atoms with E-state index >= 15 is 0 Å². The van der Waals surface area contributed by atoms with Crippen LogP contribution in [0.1, 0.15) is 24.4 Å². The molecule has 6 nitrogen and oxygen atoms in total. The number of nitrogens with one attached hydrogen (secondary N) is 1. The minimum Gasteiger partial charge on any atom is -0.465 e. The molecule has 2 aliphatic heterocycles. The summed E-state index contributed by atoms with van der Waals surface area (Å²) in [4.78, 5) is 10.9. The first kappa shape index (κ1) is 14.7. The van der Waals surface area contributed by atoms with Crippen molar-refractivity contribution in [1.82, 2.24) is 14.9 Å². The molecule has 122 valence electrons. The number of likely N-dealkylation sites (tertiary alicyclic amines) is 1. The average molecular weight is 314 g/mol. The molecule has 0 radical (unpaired) electrons. The highest BCUT2D eigenvalue weighted by molar-refractivity contribution is 5.25. The van der Waals surface area contributed by atoms with Crippen LogP contribution in [0.15, 0.2) is 35.0 Å². The van der Waals surface area contributed by atoms with Crippen LogP contribution in [0.2, 0.25) is 0 Å². The molecule has 2 aliphatic rings. The quantitative estimate of drug-likeness (QED) is 0.933. The lowest BCUT2D eigenvalue weighted by Gasteiger charge is -2.23. The smallest absolute Gasteiger partial charge is 0.222 e. The van der Waals surface area contributed by atoms with Crippen LogP contribution in [0, 0.1) is 6.92 Å². The van der Waals surface area contributed by atoms with Gasteiger partial charge >= 0.3 is 0 Å². The Morgan fingerprint density at radius 2 is 2.22 bits per heavy atom. The summed E-state index contributed by atoms with van der Waals surface area (Å²) in [6, 6.07) is 6.19. The average Bonchev–Trinajstić information content (AvgIpc) is 3.24. The minimum absolute atomic E-state index is 0.0336. The van der Waals surface area contributed by atoms with Gasteiger partial charge in [-0.05, 0) is 31.5 Å². The third kappa shape index (κ3) is 3.23. The molecule has 0 aliphatic carbocycles. The Hall–Kier alpha value is -1.92. The Morgan fingerprint density at radius 1 is 1.35 bits per heavy atom. The first-order valence-electron chi connectivity index (χ1n) is 8.16. The van der Waals surface area contributed by atoms with Gasteiger partial charge in [0.1, 0.15) is 11.5 Å². The van der Waals surface area contributed by atoms with Gasteiger partial charge in [0.2, 0.25) is 5.95 Å². The van der Waals surface area contributed by atoms with Crippen LogP contribution in [0.5, 0.6) is 0 Å². The molecule has 2 aromatic heterocycles. The first-order valence-corrected chi connectivity index (χ1v) is 8.16. The van der Waals surface area contributed by atoms with Crippen molar-refractivity contribution in [2.45, 2.75) is 38.0 Å². The summed E-state index contributed by atoms with van der Waals surface area (Å²) in [6.45, 7) is 5.57.